The Kier molecular flexibility index (Phi) is 3.47. The molecule has 0 radical (unpaired) electrons. The summed E-state index contributed by atoms with van der Waals surface area (Å²) < 4.78 is 37.5. The lowest BCUT2D eigenvalue weighted by Gasteiger charge is -2.34. The Labute approximate surface area is 103 Å². The highest BCUT2D eigenvalue weighted by Crippen LogP contribution is 2.31. The number of nitrogens with zero attached hydrogens (tertiary/aromatic N) is 2. The van der Waals surface area contributed by atoms with Gasteiger partial charge in [-0.15, -0.1) is 0 Å². The smallest absolute Gasteiger partial charge is 0.393 e. The number of halogens is 3. The summed E-state index contributed by atoms with van der Waals surface area (Å²) in [5.74, 6) is 0.646. The van der Waals surface area contributed by atoms with Crippen LogP contribution in [0.15, 0.2) is 18.2 Å². The predicted octanol–water partition coefficient (Wildman–Crippen LogP) is 2.31. The van der Waals surface area contributed by atoms with Crippen molar-refractivity contribution in [1.82, 2.24) is 4.98 Å². The molecule has 0 atom stereocenters. The number of hydrogen-bond donors (Lipinski definition) is 1. The maximum Gasteiger partial charge on any atom is 0.433 e. The highest BCUT2D eigenvalue weighted by molar-refractivity contribution is 5.38. The van der Waals surface area contributed by atoms with E-state index in [1.54, 1.807) is 18.0 Å². The molecule has 0 bridgehead atoms. The first-order valence-corrected chi connectivity index (χ1v) is 5.79. The quantitative estimate of drug-likeness (QED) is 0.906. The second-order valence-electron chi connectivity index (χ2n) is 4.75. The Morgan fingerprint density at radius 1 is 1.39 bits per heavy atom. The molecule has 1 aliphatic carbocycles. The molecule has 3 nitrogen and oxygen atoms in total. The lowest BCUT2D eigenvalue weighted by molar-refractivity contribution is -0.141. The van der Waals surface area contributed by atoms with E-state index in [4.69, 9.17) is 5.11 Å². The molecule has 6 heteroatoms. The molecule has 0 spiro atoms. The predicted molar refractivity (Wildman–Crippen MR) is 61.2 cm³/mol. The molecule has 1 N–H and O–H groups in total. The fourth-order valence-electron chi connectivity index (χ4n) is 2.12. The summed E-state index contributed by atoms with van der Waals surface area (Å²) in [5.41, 5.74) is -0.875. The van der Waals surface area contributed by atoms with Crippen molar-refractivity contribution in [3.05, 3.63) is 23.9 Å². The van der Waals surface area contributed by atoms with E-state index in [1.807, 2.05) is 0 Å². The zero-order chi connectivity index (χ0) is 13.3. The van der Waals surface area contributed by atoms with Crippen molar-refractivity contribution in [2.45, 2.75) is 25.1 Å². The third kappa shape index (κ3) is 2.93. The molecule has 0 saturated heterocycles. The fourth-order valence-corrected chi connectivity index (χ4v) is 2.12. The van der Waals surface area contributed by atoms with E-state index >= 15 is 0 Å². The molecule has 0 aliphatic heterocycles. The van der Waals surface area contributed by atoms with Gasteiger partial charge >= 0.3 is 6.18 Å². The largest absolute Gasteiger partial charge is 0.433 e. The van der Waals surface area contributed by atoms with E-state index in [0.29, 0.717) is 31.1 Å². The van der Waals surface area contributed by atoms with Crippen LogP contribution in [-0.2, 0) is 6.18 Å². The number of anilines is 1. The van der Waals surface area contributed by atoms with Crippen LogP contribution in [0.2, 0.25) is 0 Å². The molecule has 1 heterocycles. The summed E-state index contributed by atoms with van der Waals surface area (Å²) in [4.78, 5) is 5.31. The Bertz CT molecular complexity index is 416. The van der Waals surface area contributed by atoms with Crippen LogP contribution in [-0.4, -0.2) is 29.8 Å². The standard InChI is InChI=1S/C12H15F3N2O/c1-17(7-8-5-9(18)6-8)11-4-2-3-10(16-11)12(13,14)15/h2-4,8-9,18H,5-7H2,1H3. The summed E-state index contributed by atoms with van der Waals surface area (Å²) in [6, 6.07) is 3.88. The Morgan fingerprint density at radius 2 is 2.06 bits per heavy atom. The number of hydrogen-bond acceptors (Lipinski definition) is 3. The van der Waals surface area contributed by atoms with E-state index < -0.39 is 11.9 Å². The van der Waals surface area contributed by atoms with Crippen LogP contribution in [0, 0.1) is 5.92 Å². The number of aromatic nitrogens is 1. The van der Waals surface area contributed by atoms with E-state index in [1.165, 1.54) is 6.07 Å². The van der Waals surface area contributed by atoms with Crippen molar-refractivity contribution in [3.63, 3.8) is 0 Å². The van der Waals surface area contributed by atoms with Gasteiger partial charge in [-0.1, -0.05) is 6.07 Å². The fraction of sp³-hybridized carbons (Fsp3) is 0.583. The van der Waals surface area contributed by atoms with Crippen LogP contribution >= 0.6 is 0 Å². The average Bonchev–Trinajstić information content (AvgIpc) is 2.26. The summed E-state index contributed by atoms with van der Waals surface area (Å²) >= 11 is 0. The lowest BCUT2D eigenvalue weighted by Crippen LogP contribution is -2.37. The zero-order valence-electron chi connectivity index (χ0n) is 9.98. The van der Waals surface area contributed by atoms with Gasteiger partial charge in [-0.05, 0) is 30.9 Å². The molecule has 1 fully saturated rings. The monoisotopic (exact) mass is 260 g/mol. The number of pyridine rings is 1. The van der Waals surface area contributed by atoms with Crippen LogP contribution in [0.3, 0.4) is 0 Å². The molecule has 2 rings (SSSR count). The van der Waals surface area contributed by atoms with Crippen LogP contribution in [0.1, 0.15) is 18.5 Å². The lowest BCUT2D eigenvalue weighted by atomic mass is 9.82. The van der Waals surface area contributed by atoms with Crippen molar-refractivity contribution in [2.75, 3.05) is 18.5 Å². The minimum atomic E-state index is -4.41. The maximum atomic E-state index is 12.5. The summed E-state index contributed by atoms with van der Waals surface area (Å²) in [6.45, 7) is 0.616. The molecule has 1 aromatic heterocycles. The SMILES string of the molecule is CN(CC1CC(O)C1)c1cccc(C(F)(F)F)n1. The minimum absolute atomic E-state index is 0.252. The third-order valence-electron chi connectivity index (χ3n) is 3.16. The van der Waals surface area contributed by atoms with E-state index in [2.05, 4.69) is 4.98 Å². The van der Waals surface area contributed by atoms with Crippen molar-refractivity contribution in [1.29, 1.82) is 0 Å². The van der Waals surface area contributed by atoms with Gasteiger partial charge in [0.25, 0.3) is 0 Å². The molecule has 18 heavy (non-hydrogen) atoms. The molecule has 1 aliphatic rings. The molecule has 0 amide bonds. The number of rotatable bonds is 3. The zero-order valence-corrected chi connectivity index (χ0v) is 9.98. The highest BCUT2D eigenvalue weighted by atomic mass is 19.4. The van der Waals surface area contributed by atoms with Gasteiger partial charge in [0.1, 0.15) is 11.5 Å². The van der Waals surface area contributed by atoms with Crippen LogP contribution in [0.5, 0.6) is 0 Å². The van der Waals surface area contributed by atoms with Gasteiger partial charge in [0.05, 0.1) is 6.10 Å². The number of aliphatic hydroxyl groups is 1. The first-order chi connectivity index (χ1) is 8.36. The molecule has 1 saturated carbocycles. The Morgan fingerprint density at radius 3 is 2.61 bits per heavy atom. The van der Waals surface area contributed by atoms with Gasteiger partial charge < -0.3 is 10.0 Å². The molecule has 100 valence electrons. The Hall–Kier alpha value is -1.30. The normalized spacial score (nSPS) is 23.6. The minimum Gasteiger partial charge on any atom is -0.393 e. The van der Waals surface area contributed by atoms with Crippen molar-refractivity contribution in [3.8, 4) is 0 Å². The van der Waals surface area contributed by atoms with Gasteiger partial charge in [-0.25, -0.2) is 4.98 Å². The van der Waals surface area contributed by atoms with Gasteiger partial charge in [-0.2, -0.15) is 13.2 Å². The Balaban J connectivity index is 2.03. The second-order valence-corrected chi connectivity index (χ2v) is 4.75. The van der Waals surface area contributed by atoms with E-state index in [9.17, 15) is 13.2 Å². The topological polar surface area (TPSA) is 36.4 Å². The van der Waals surface area contributed by atoms with Crippen molar-refractivity contribution < 1.29 is 18.3 Å². The van der Waals surface area contributed by atoms with Crippen molar-refractivity contribution in [2.24, 2.45) is 5.92 Å². The molecular weight excluding hydrogens is 245 g/mol. The van der Waals surface area contributed by atoms with Gasteiger partial charge in [0, 0.05) is 13.6 Å². The molecular formula is C12H15F3N2O. The highest BCUT2D eigenvalue weighted by Gasteiger charge is 2.33. The first-order valence-electron chi connectivity index (χ1n) is 5.79. The van der Waals surface area contributed by atoms with Gasteiger partial charge in [0.15, 0.2) is 0 Å². The van der Waals surface area contributed by atoms with E-state index in [0.717, 1.165) is 6.07 Å². The van der Waals surface area contributed by atoms with Crippen LogP contribution < -0.4 is 4.90 Å². The number of aliphatic hydroxyl groups excluding tert-OH is 1. The molecule has 0 aromatic carbocycles. The van der Waals surface area contributed by atoms with Crippen molar-refractivity contribution >= 4 is 5.82 Å². The van der Waals surface area contributed by atoms with Crippen LogP contribution in [0.4, 0.5) is 19.0 Å². The summed E-state index contributed by atoms with van der Waals surface area (Å²) in [5, 5.41) is 9.17. The maximum absolute atomic E-state index is 12.5. The van der Waals surface area contributed by atoms with Crippen LogP contribution in [0.25, 0.3) is 0 Å². The third-order valence-corrected chi connectivity index (χ3v) is 3.16. The van der Waals surface area contributed by atoms with E-state index in [-0.39, 0.29) is 6.10 Å². The van der Waals surface area contributed by atoms with Gasteiger partial charge in [0.2, 0.25) is 0 Å². The first kappa shape index (κ1) is 13.1. The summed E-state index contributed by atoms with van der Waals surface area (Å²) in [6.07, 6.45) is -3.24. The second kappa shape index (κ2) is 4.76. The summed E-state index contributed by atoms with van der Waals surface area (Å²) in [7, 11) is 1.72. The molecule has 0 unspecified atom stereocenters. The number of alkyl halides is 3. The van der Waals surface area contributed by atoms with Gasteiger partial charge in [-0.3, -0.25) is 0 Å². The molecule has 1 aromatic rings. The average molecular weight is 260 g/mol.